The van der Waals surface area contributed by atoms with Crippen LogP contribution in [0, 0.1) is 0 Å². The van der Waals surface area contributed by atoms with Gasteiger partial charge in [-0.15, -0.1) is 0 Å². The molecular weight excluding hydrogens is 190 g/mol. The van der Waals surface area contributed by atoms with E-state index in [-0.39, 0.29) is 5.02 Å². The summed E-state index contributed by atoms with van der Waals surface area (Å²) in [4.78, 5) is 21.6. The molecule has 3 nitrogen and oxygen atoms in total. The summed E-state index contributed by atoms with van der Waals surface area (Å²) >= 11 is 5.52. The SMILES string of the molecule is CCCCCNc1c(Cl)c(=O)c1=O. The van der Waals surface area contributed by atoms with Gasteiger partial charge in [-0.05, 0) is 6.42 Å². The Labute approximate surface area is 81.4 Å². The van der Waals surface area contributed by atoms with E-state index >= 15 is 0 Å². The van der Waals surface area contributed by atoms with Gasteiger partial charge < -0.3 is 5.32 Å². The van der Waals surface area contributed by atoms with Gasteiger partial charge in [0.05, 0.1) is 0 Å². The van der Waals surface area contributed by atoms with Crippen LogP contribution in [-0.4, -0.2) is 6.54 Å². The minimum absolute atomic E-state index is 0.0569. The zero-order chi connectivity index (χ0) is 9.84. The Balaban J connectivity index is 2.39. The number of hydrogen-bond acceptors (Lipinski definition) is 3. The van der Waals surface area contributed by atoms with Gasteiger partial charge in [-0.1, -0.05) is 31.4 Å². The Morgan fingerprint density at radius 3 is 2.46 bits per heavy atom. The van der Waals surface area contributed by atoms with Crippen LogP contribution in [0.3, 0.4) is 0 Å². The van der Waals surface area contributed by atoms with Crippen molar-refractivity contribution in [3.8, 4) is 0 Å². The van der Waals surface area contributed by atoms with E-state index < -0.39 is 10.9 Å². The molecule has 0 atom stereocenters. The van der Waals surface area contributed by atoms with Gasteiger partial charge in [0.25, 0.3) is 5.43 Å². The average Bonchev–Trinajstić information content (AvgIpc) is 2.16. The fourth-order valence-corrected chi connectivity index (χ4v) is 1.35. The Kier molecular flexibility index (Phi) is 3.48. The fraction of sp³-hybridized carbons (Fsp3) is 0.556. The number of halogens is 1. The molecule has 0 aliphatic heterocycles. The largest absolute Gasteiger partial charge is 0.380 e. The van der Waals surface area contributed by atoms with Gasteiger partial charge in [-0.3, -0.25) is 9.59 Å². The predicted octanol–water partition coefficient (Wildman–Crippen LogP) is 1.54. The van der Waals surface area contributed by atoms with Crippen molar-refractivity contribution >= 4 is 17.3 Å². The molecule has 0 saturated heterocycles. The lowest BCUT2D eigenvalue weighted by molar-refractivity contribution is 0.743. The smallest absolute Gasteiger partial charge is 0.252 e. The second-order valence-corrected chi connectivity index (χ2v) is 3.36. The highest BCUT2D eigenvalue weighted by Crippen LogP contribution is 2.13. The van der Waals surface area contributed by atoms with Crippen molar-refractivity contribution in [2.24, 2.45) is 0 Å². The Hall–Kier alpha value is -0.830. The third kappa shape index (κ3) is 2.10. The van der Waals surface area contributed by atoms with Crippen LogP contribution in [0.2, 0.25) is 5.02 Å². The molecule has 0 unspecified atom stereocenters. The van der Waals surface area contributed by atoms with Crippen LogP contribution in [0.1, 0.15) is 26.2 Å². The molecule has 0 bridgehead atoms. The van der Waals surface area contributed by atoms with Crippen molar-refractivity contribution in [2.75, 3.05) is 11.9 Å². The molecule has 0 spiro atoms. The Bertz CT molecular complexity index is 352. The van der Waals surface area contributed by atoms with Crippen LogP contribution in [0.5, 0.6) is 0 Å². The molecule has 13 heavy (non-hydrogen) atoms. The summed E-state index contributed by atoms with van der Waals surface area (Å²) in [5.41, 5.74) is -0.760. The lowest BCUT2D eigenvalue weighted by Gasteiger charge is -2.07. The molecule has 0 aromatic heterocycles. The van der Waals surface area contributed by atoms with E-state index in [1.54, 1.807) is 0 Å². The molecule has 1 N–H and O–H groups in total. The molecule has 0 saturated carbocycles. The molecule has 0 fully saturated rings. The summed E-state index contributed by atoms with van der Waals surface area (Å²) in [5, 5.41) is 2.92. The summed E-state index contributed by atoms with van der Waals surface area (Å²) in [5.74, 6) is 0. The lowest BCUT2D eigenvalue weighted by atomic mass is 10.2. The fourth-order valence-electron chi connectivity index (χ4n) is 1.11. The zero-order valence-electron chi connectivity index (χ0n) is 7.52. The predicted molar refractivity (Wildman–Crippen MR) is 54.4 cm³/mol. The summed E-state index contributed by atoms with van der Waals surface area (Å²) in [7, 11) is 0. The van der Waals surface area contributed by atoms with Gasteiger partial charge in [-0.2, -0.15) is 0 Å². The Morgan fingerprint density at radius 2 is 1.92 bits per heavy atom. The van der Waals surface area contributed by atoms with Gasteiger partial charge in [0, 0.05) is 6.54 Å². The second kappa shape index (κ2) is 4.42. The van der Waals surface area contributed by atoms with E-state index in [0.717, 1.165) is 19.3 Å². The standard InChI is InChI=1S/C9H12ClNO2/c1-2-3-4-5-11-7-6(10)8(12)9(7)13/h11H,2-5H2,1H3. The minimum atomic E-state index is -0.570. The van der Waals surface area contributed by atoms with E-state index in [4.69, 9.17) is 11.6 Å². The first kappa shape index (κ1) is 10.3. The van der Waals surface area contributed by atoms with Crippen molar-refractivity contribution in [1.29, 1.82) is 0 Å². The highest BCUT2D eigenvalue weighted by molar-refractivity contribution is 6.34. The van der Waals surface area contributed by atoms with E-state index in [0.29, 0.717) is 12.2 Å². The number of rotatable bonds is 5. The van der Waals surface area contributed by atoms with Gasteiger partial charge in [0.15, 0.2) is 0 Å². The summed E-state index contributed by atoms with van der Waals surface area (Å²) in [6, 6.07) is 0. The monoisotopic (exact) mass is 201 g/mol. The molecule has 1 aromatic carbocycles. The third-order valence-electron chi connectivity index (χ3n) is 1.93. The van der Waals surface area contributed by atoms with Gasteiger partial charge in [0.1, 0.15) is 10.7 Å². The quantitative estimate of drug-likeness (QED) is 0.581. The number of unbranched alkanes of at least 4 members (excludes halogenated alkanes) is 2. The highest BCUT2D eigenvalue weighted by Gasteiger charge is 2.17. The topological polar surface area (TPSA) is 46.2 Å². The third-order valence-corrected chi connectivity index (χ3v) is 2.29. The van der Waals surface area contributed by atoms with Gasteiger partial charge in [0.2, 0.25) is 5.43 Å². The maximum Gasteiger partial charge on any atom is 0.252 e. The average molecular weight is 202 g/mol. The van der Waals surface area contributed by atoms with Crippen LogP contribution >= 0.6 is 11.6 Å². The lowest BCUT2D eigenvalue weighted by Crippen LogP contribution is -2.34. The van der Waals surface area contributed by atoms with Crippen molar-refractivity contribution in [2.45, 2.75) is 26.2 Å². The van der Waals surface area contributed by atoms with Gasteiger partial charge in [-0.25, -0.2) is 0 Å². The normalized spacial score (nSPS) is 10.6. The molecule has 72 valence electrons. The summed E-state index contributed by atoms with van der Waals surface area (Å²) in [6.07, 6.45) is 3.23. The van der Waals surface area contributed by atoms with E-state index in [1.807, 2.05) is 0 Å². The minimum Gasteiger partial charge on any atom is -0.380 e. The first-order chi connectivity index (χ1) is 6.18. The van der Waals surface area contributed by atoms with Crippen molar-refractivity contribution in [1.82, 2.24) is 0 Å². The number of hydrogen-bond donors (Lipinski definition) is 1. The molecule has 0 aliphatic rings. The van der Waals surface area contributed by atoms with Crippen molar-refractivity contribution < 1.29 is 0 Å². The maximum absolute atomic E-state index is 10.9. The Morgan fingerprint density at radius 1 is 1.23 bits per heavy atom. The van der Waals surface area contributed by atoms with Crippen LogP contribution in [-0.2, 0) is 0 Å². The van der Waals surface area contributed by atoms with Gasteiger partial charge >= 0.3 is 0 Å². The zero-order valence-corrected chi connectivity index (χ0v) is 8.28. The summed E-state index contributed by atoms with van der Waals surface area (Å²) < 4.78 is 0. The van der Waals surface area contributed by atoms with E-state index in [1.165, 1.54) is 0 Å². The number of anilines is 1. The molecular formula is C9H12ClNO2. The summed E-state index contributed by atoms with van der Waals surface area (Å²) in [6.45, 7) is 2.81. The molecule has 0 heterocycles. The van der Waals surface area contributed by atoms with E-state index in [2.05, 4.69) is 12.2 Å². The molecule has 0 amide bonds. The molecule has 1 rings (SSSR count). The highest BCUT2D eigenvalue weighted by atomic mass is 35.5. The van der Waals surface area contributed by atoms with Crippen molar-refractivity contribution in [3.05, 3.63) is 25.5 Å². The first-order valence-electron chi connectivity index (χ1n) is 4.41. The molecule has 4 heteroatoms. The molecule has 0 radical (unpaired) electrons. The van der Waals surface area contributed by atoms with E-state index in [9.17, 15) is 9.59 Å². The van der Waals surface area contributed by atoms with Crippen molar-refractivity contribution in [3.63, 3.8) is 0 Å². The number of nitrogens with one attached hydrogen (secondary N) is 1. The molecule has 0 aliphatic carbocycles. The van der Waals surface area contributed by atoms with Crippen LogP contribution in [0.15, 0.2) is 9.59 Å². The van der Waals surface area contributed by atoms with Crippen LogP contribution < -0.4 is 16.2 Å². The first-order valence-corrected chi connectivity index (χ1v) is 4.79. The second-order valence-electron chi connectivity index (χ2n) is 2.98. The molecule has 1 aromatic rings. The van der Waals surface area contributed by atoms with Crippen LogP contribution in [0.25, 0.3) is 0 Å². The maximum atomic E-state index is 10.9. The van der Waals surface area contributed by atoms with Crippen LogP contribution in [0.4, 0.5) is 5.69 Å².